The third kappa shape index (κ3) is 4.77. The highest BCUT2D eigenvalue weighted by atomic mass is 16.3. The van der Waals surface area contributed by atoms with Gasteiger partial charge in [0.2, 0.25) is 0 Å². The molecule has 62 valence electrons. The minimum Gasteiger partial charge on any atom is -0.396 e. The van der Waals surface area contributed by atoms with E-state index in [1.54, 1.807) is 0 Å². The molecule has 2 nitrogen and oxygen atoms in total. The SMILES string of the molecule is CC(C)(CO)CCCCO. The fourth-order valence-electron chi connectivity index (χ4n) is 0.794. The molecule has 0 heterocycles. The van der Waals surface area contributed by atoms with Gasteiger partial charge in [-0.1, -0.05) is 20.3 Å². The highest BCUT2D eigenvalue weighted by Crippen LogP contribution is 2.21. The van der Waals surface area contributed by atoms with E-state index < -0.39 is 0 Å². The van der Waals surface area contributed by atoms with Crippen LogP contribution in [0.2, 0.25) is 0 Å². The topological polar surface area (TPSA) is 40.5 Å². The molecule has 0 aromatic rings. The molecule has 0 atom stereocenters. The van der Waals surface area contributed by atoms with Gasteiger partial charge in [0, 0.05) is 13.2 Å². The van der Waals surface area contributed by atoms with Gasteiger partial charge in [-0.3, -0.25) is 0 Å². The van der Waals surface area contributed by atoms with Crippen LogP contribution in [0, 0.1) is 5.41 Å². The van der Waals surface area contributed by atoms with E-state index >= 15 is 0 Å². The number of hydrogen-bond donors (Lipinski definition) is 2. The Morgan fingerprint density at radius 2 is 1.70 bits per heavy atom. The second-order valence-electron chi connectivity index (χ2n) is 3.50. The monoisotopic (exact) mass is 146 g/mol. The van der Waals surface area contributed by atoms with Crippen molar-refractivity contribution < 1.29 is 10.2 Å². The van der Waals surface area contributed by atoms with E-state index in [1.165, 1.54) is 0 Å². The van der Waals surface area contributed by atoms with Gasteiger partial charge in [0.15, 0.2) is 0 Å². The van der Waals surface area contributed by atoms with E-state index in [9.17, 15) is 0 Å². The summed E-state index contributed by atoms with van der Waals surface area (Å²) in [6.07, 6.45) is 2.84. The summed E-state index contributed by atoms with van der Waals surface area (Å²) in [7, 11) is 0. The van der Waals surface area contributed by atoms with Gasteiger partial charge in [0.25, 0.3) is 0 Å². The molecule has 0 aromatic heterocycles. The fraction of sp³-hybridized carbons (Fsp3) is 1.00. The van der Waals surface area contributed by atoms with Gasteiger partial charge >= 0.3 is 0 Å². The van der Waals surface area contributed by atoms with E-state index in [2.05, 4.69) is 0 Å². The van der Waals surface area contributed by atoms with Crippen LogP contribution in [0.25, 0.3) is 0 Å². The van der Waals surface area contributed by atoms with E-state index in [0.29, 0.717) is 0 Å². The third-order valence-electron chi connectivity index (χ3n) is 1.69. The summed E-state index contributed by atoms with van der Waals surface area (Å²) in [6, 6.07) is 0. The lowest BCUT2D eigenvalue weighted by molar-refractivity contribution is 0.144. The predicted octanol–water partition coefficient (Wildman–Crippen LogP) is 1.17. The summed E-state index contributed by atoms with van der Waals surface area (Å²) in [5, 5.41) is 17.3. The Balaban J connectivity index is 3.28. The van der Waals surface area contributed by atoms with Crippen molar-refractivity contribution in [3.8, 4) is 0 Å². The number of rotatable bonds is 5. The molecule has 0 rings (SSSR count). The molecule has 0 unspecified atom stereocenters. The van der Waals surface area contributed by atoms with Gasteiger partial charge in [0.05, 0.1) is 0 Å². The Labute approximate surface area is 62.9 Å². The van der Waals surface area contributed by atoms with Crippen LogP contribution < -0.4 is 0 Å². The second-order valence-corrected chi connectivity index (χ2v) is 3.50. The molecule has 0 bridgehead atoms. The zero-order valence-electron chi connectivity index (χ0n) is 6.93. The minimum atomic E-state index is 0.0369. The molecule has 2 N–H and O–H groups in total. The summed E-state index contributed by atoms with van der Waals surface area (Å²) in [4.78, 5) is 0. The molecule has 0 aliphatic heterocycles. The highest BCUT2D eigenvalue weighted by Gasteiger charge is 2.14. The van der Waals surface area contributed by atoms with E-state index in [-0.39, 0.29) is 18.6 Å². The van der Waals surface area contributed by atoms with Crippen molar-refractivity contribution in [2.24, 2.45) is 5.41 Å². The average Bonchev–Trinajstić information content (AvgIpc) is 1.89. The number of unbranched alkanes of at least 4 members (excludes halogenated alkanes) is 1. The molecule has 0 fully saturated rings. The summed E-state index contributed by atoms with van der Waals surface area (Å²) in [6.45, 7) is 4.56. The third-order valence-corrected chi connectivity index (χ3v) is 1.69. The van der Waals surface area contributed by atoms with Crippen molar-refractivity contribution in [1.82, 2.24) is 0 Å². The maximum absolute atomic E-state index is 8.83. The molecular weight excluding hydrogens is 128 g/mol. The molecule has 0 aliphatic carbocycles. The molecule has 0 aliphatic rings. The minimum absolute atomic E-state index is 0.0369. The average molecular weight is 146 g/mol. The molecule has 10 heavy (non-hydrogen) atoms. The molecule has 0 aromatic carbocycles. The zero-order chi connectivity index (χ0) is 8.04. The van der Waals surface area contributed by atoms with Crippen molar-refractivity contribution in [3.05, 3.63) is 0 Å². The van der Waals surface area contributed by atoms with Crippen LogP contribution in [-0.2, 0) is 0 Å². The summed E-state index contributed by atoms with van der Waals surface area (Å²) < 4.78 is 0. The first-order chi connectivity index (χ1) is 4.62. The van der Waals surface area contributed by atoms with Crippen molar-refractivity contribution in [1.29, 1.82) is 0 Å². The maximum Gasteiger partial charge on any atom is 0.0482 e. The zero-order valence-corrected chi connectivity index (χ0v) is 6.93. The molecule has 0 spiro atoms. The molecule has 0 saturated carbocycles. The van der Waals surface area contributed by atoms with Gasteiger partial charge < -0.3 is 10.2 Å². The van der Waals surface area contributed by atoms with E-state index in [0.717, 1.165) is 19.3 Å². The van der Waals surface area contributed by atoms with Crippen molar-refractivity contribution >= 4 is 0 Å². The quantitative estimate of drug-likeness (QED) is 0.571. The van der Waals surface area contributed by atoms with Crippen LogP contribution in [0.5, 0.6) is 0 Å². The highest BCUT2D eigenvalue weighted by molar-refractivity contribution is 4.65. The van der Waals surface area contributed by atoms with Gasteiger partial charge in [0.1, 0.15) is 0 Å². The molecule has 2 heteroatoms. The predicted molar refractivity (Wildman–Crippen MR) is 41.8 cm³/mol. The smallest absolute Gasteiger partial charge is 0.0482 e. The van der Waals surface area contributed by atoms with E-state index in [4.69, 9.17) is 10.2 Å². The van der Waals surface area contributed by atoms with Gasteiger partial charge in [-0.2, -0.15) is 0 Å². The number of aliphatic hydroxyl groups excluding tert-OH is 2. The second kappa shape index (κ2) is 4.69. The Bertz CT molecular complexity index is 79.3. The normalized spacial score (nSPS) is 12.0. The first kappa shape index (κ1) is 9.92. The van der Waals surface area contributed by atoms with Crippen LogP contribution in [0.3, 0.4) is 0 Å². The number of aliphatic hydroxyl groups is 2. The van der Waals surface area contributed by atoms with Crippen LogP contribution in [0.15, 0.2) is 0 Å². The Morgan fingerprint density at radius 1 is 1.10 bits per heavy atom. The standard InChI is InChI=1S/C8H18O2/c1-8(2,7-10)5-3-4-6-9/h9-10H,3-7H2,1-2H3. The van der Waals surface area contributed by atoms with Gasteiger partial charge in [-0.05, 0) is 18.3 Å². The molecular formula is C8H18O2. The lowest BCUT2D eigenvalue weighted by Crippen LogP contribution is -2.16. The fourth-order valence-corrected chi connectivity index (χ4v) is 0.794. The van der Waals surface area contributed by atoms with Crippen molar-refractivity contribution in [3.63, 3.8) is 0 Å². The van der Waals surface area contributed by atoms with Crippen LogP contribution in [-0.4, -0.2) is 23.4 Å². The van der Waals surface area contributed by atoms with Crippen LogP contribution >= 0.6 is 0 Å². The Kier molecular flexibility index (Phi) is 4.65. The van der Waals surface area contributed by atoms with Crippen LogP contribution in [0.1, 0.15) is 33.1 Å². The molecule has 0 saturated heterocycles. The van der Waals surface area contributed by atoms with Crippen LogP contribution in [0.4, 0.5) is 0 Å². The summed E-state index contributed by atoms with van der Waals surface area (Å²) >= 11 is 0. The Morgan fingerprint density at radius 3 is 2.10 bits per heavy atom. The van der Waals surface area contributed by atoms with Gasteiger partial charge in [-0.15, -0.1) is 0 Å². The van der Waals surface area contributed by atoms with Gasteiger partial charge in [-0.25, -0.2) is 0 Å². The summed E-state index contributed by atoms with van der Waals surface area (Å²) in [5.41, 5.74) is 0.0369. The van der Waals surface area contributed by atoms with E-state index in [1.807, 2.05) is 13.8 Å². The lowest BCUT2D eigenvalue weighted by Gasteiger charge is -2.20. The number of hydrogen-bond acceptors (Lipinski definition) is 2. The first-order valence-corrected chi connectivity index (χ1v) is 3.84. The van der Waals surface area contributed by atoms with Crippen molar-refractivity contribution in [2.75, 3.05) is 13.2 Å². The molecule has 0 amide bonds. The first-order valence-electron chi connectivity index (χ1n) is 3.84. The molecule has 0 radical (unpaired) electrons. The largest absolute Gasteiger partial charge is 0.396 e. The lowest BCUT2D eigenvalue weighted by atomic mass is 9.88. The Hall–Kier alpha value is -0.0800. The maximum atomic E-state index is 8.83. The van der Waals surface area contributed by atoms with Crippen molar-refractivity contribution in [2.45, 2.75) is 33.1 Å². The summed E-state index contributed by atoms with van der Waals surface area (Å²) in [5.74, 6) is 0.